The lowest BCUT2D eigenvalue weighted by molar-refractivity contribution is -0.142. The van der Waals surface area contributed by atoms with Gasteiger partial charge in [0.25, 0.3) is 0 Å². The van der Waals surface area contributed by atoms with Crippen LogP contribution >= 0.6 is 0 Å². The Morgan fingerprint density at radius 1 is 0.943 bits per heavy atom. The van der Waals surface area contributed by atoms with E-state index in [1.807, 2.05) is 24.3 Å². The van der Waals surface area contributed by atoms with Crippen molar-refractivity contribution in [3.05, 3.63) is 102 Å². The van der Waals surface area contributed by atoms with Crippen LogP contribution in [-0.2, 0) is 16.6 Å². The molecule has 3 heteroatoms. The third kappa shape index (κ3) is 5.40. The van der Waals surface area contributed by atoms with Gasteiger partial charge in [0.15, 0.2) is 0 Å². The molecule has 1 atom stereocenters. The highest BCUT2D eigenvalue weighted by Crippen LogP contribution is 2.34. The molecule has 4 aromatic rings. The first-order valence-corrected chi connectivity index (χ1v) is 12.3. The molecule has 0 aliphatic rings. The maximum absolute atomic E-state index is 11.8. The molecule has 3 nitrogen and oxygen atoms in total. The van der Waals surface area contributed by atoms with E-state index in [0.717, 1.165) is 41.7 Å². The van der Waals surface area contributed by atoms with Gasteiger partial charge in [-0.1, -0.05) is 79.7 Å². The maximum atomic E-state index is 11.8. The Morgan fingerprint density at radius 3 is 2.49 bits per heavy atom. The highest BCUT2D eigenvalue weighted by atomic mass is 16.5. The second-order valence-electron chi connectivity index (χ2n) is 9.95. The molecular formula is C32H34O3. The van der Waals surface area contributed by atoms with Crippen molar-refractivity contribution in [3.8, 4) is 16.9 Å². The fraction of sp³-hybridized carbons (Fsp3) is 0.281. The number of carboxylic acid groups (broad SMARTS) is 1. The molecule has 0 saturated heterocycles. The molecule has 0 heterocycles. The Labute approximate surface area is 208 Å². The Kier molecular flexibility index (Phi) is 7.25. The van der Waals surface area contributed by atoms with E-state index in [-0.39, 0.29) is 0 Å². The molecule has 0 saturated carbocycles. The van der Waals surface area contributed by atoms with E-state index < -0.39 is 11.4 Å². The molecule has 0 amide bonds. The van der Waals surface area contributed by atoms with Crippen LogP contribution < -0.4 is 4.74 Å². The van der Waals surface area contributed by atoms with E-state index in [4.69, 9.17) is 4.74 Å². The summed E-state index contributed by atoms with van der Waals surface area (Å²) < 4.78 is 5.38. The van der Waals surface area contributed by atoms with Crippen molar-refractivity contribution in [1.29, 1.82) is 0 Å². The number of hydrogen-bond acceptors (Lipinski definition) is 2. The summed E-state index contributed by atoms with van der Waals surface area (Å²) in [7, 11) is 1.71. The van der Waals surface area contributed by atoms with Gasteiger partial charge in [0.05, 0.1) is 12.5 Å². The first-order valence-electron chi connectivity index (χ1n) is 12.3. The summed E-state index contributed by atoms with van der Waals surface area (Å²) in [6, 6.07) is 29.3. The molecular weight excluding hydrogens is 432 g/mol. The van der Waals surface area contributed by atoms with E-state index in [0.29, 0.717) is 5.92 Å². The molecule has 0 spiro atoms. The first kappa shape index (κ1) is 24.5. The molecule has 180 valence electrons. The van der Waals surface area contributed by atoms with Gasteiger partial charge < -0.3 is 9.84 Å². The largest absolute Gasteiger partial charge is 0.497 e. The molecule has 0 aliphatic heterocycles. The average Bonchev–Trinajstić information content (AvgIpc) is 2.88. The van der Waals surface area contributed by atoms with Crippen LogP contribution in [0.1, 0.15) is 56.2 Å². The SMILES string of the molecule is COc1cccc([C@@H](C)CCCc2cc(-c3cccc(C(C)(C)C(=O)O)c3)c3ccccc3c2)c1. The van der Waals surface area contributed by atoms with Gasteiger partial charge in [-0.25, -0.2) is 0 Å². The maximum Gasteiger partial charge on any atom is 0.313 e. The zero-order chi connectivity index (χ0) is 25.0. The van der Waals surface area contributed by atoms with Gasteiger partial charge >= 0.3 is 5.97 Å². The predicted octanol–water partition coefficient (Wildman–Crippen LogP) is 8.00. The highest BCUT2D eigenvalue weighted by Gasteiger charge is 2.29. The molecule has 4 rings (SSSR count). The zero-order valence-corrected chi connectivity index (χ0v) is 21.0. The number of aryl methyl sites for hydroxylation is 1. The Morgan fingerprint density at radius 2 is 1.71 bits per heavy atom. The minimum Gasteiger partial charge on any atom is -0.497 e. The summed E-state index contributed by atoms with van der Waals surface area (Å²) in [6.45, 7) is 5.79. The van der Waals surface area contributed by atoms with Crippen molar-refractivity contribution in [2.45, 2.75) is 51.4 Å². The van der Waals surface area contributed by atoms with Crippen molar-refractivity contribution in [3.63, 3.8) is 0 Å². The monoisotopic (exact) mass is 466 g/mol. The van der Waals surface area contributed by atoms with Gasteiger partial charge in [-0.15, -0.1) is 0 Å². The highest BCUT2D eigenvalue weighted by molar-refractivity contribution is 5.97. The third-order valence-corrected chi connectivity index (χ3v) is 7.12. The fourth-order valence-corrected chi connectivity index (χ4v) is 4.68. The van der Waals surface area contributed by atoms with Crippen LogP contribution in [0, 0.1) is 0 Å². The van der Waals surface area contributed by atoms with Crippen molar-refractivity contribution in [2.75, 3.05) is 7.11 Å². The number of carbonyl (C=O) groups is 1. The summed E-state index contributed by atoms with van der Waals surface area (Å²) in [6.07, 6.45) is 3.17. The van der Waals surface area contributed by atoms with Crippen LogP contribution in [0.4, 0.5) is 0 Å². The zero-order valence-electron chi connectivity index (χ0n) is 21.0. The van der Waals surface area contributed by atoms with Crippen LogP contribution in [0.25, 0.3) is 21.9 Å². The van der Waals surface area contributed by atoms with Crippen molar-refractivity contribution >= 4 is 16.7 Å². The number of methoxy groups -OCH3 is 1. The Bertz CT molecular complexity index is 1340. The number of fused-ring (bicyclic) bond motifs is 1. The van der Waals surface area contributed by atoms with Gasteiger partial charge in [0, 0.05) is 0 Å². The summed E-state index contributed by atoms with van der Waals surface area (Å²) >= 11 is 0. The number of aliphatic carboxylic acids is 1. The number of hydrogen-bond donors (Lipinski definition) is 1. The van der Waals surface area contributed by atoms with Crippen molar-refractivity contribution < 1.29 is 14.6 Å². The molecule has 0 aromatic heterocycles. The van der Waals surface area contributed by atoms with E-state index in [9.17, 15) is 9.90 Å². The number of ether oxygens (including phenoxy) is 1. The first-order chi connectivity index (χ1) is 16.8. The average molecular weight is 467 g/mol. The van der Waals surface area contributed by atoms with Gasteiger partial charge in [0.2, 0.25) is 0 Å². The van der Waals surface area contributed by atoms with Crippen LogP contribution in [0.3, 0.4) is 0 Å². The summed E-state index contributed by atoms with van der Waals surface area (Å²) in [5.41, 5.74) is 4.69. The normalized spacial score (nSPS) is 12.5. The van der Waals surface area contributed by atoms with Crippen LogP contribution in [-0.4, -0.2) is 18.2 Å². The lowest BCUT2D eigenvalue weighted by Crippen LogP contribution is -2.28. The predicted molar refractivity (Wildman–Crippen MR) is 144 cm³/mol. The minimum absolute atomic E-state index is 0.458. The lowest BCUT2D eigenvalue weighted by Gasteiger charge is -2.21. The molecule has 0 radical (unpaired) electrons. The van der Waals surface area contributed by atoms with E-state index in [1.54, 1.807) is 21.0 Å². The smallest absolute Gasteiger partial charge is 0.313 e. The second kappa shape index (κ2) is 10.4. The van der Waals surface area contributed by atoms with Gasteiger partial charge in [-0.05, 0) is 89.8 Å². The van der Waals surface area contributed by atoms with E-state index in [2.05, 4.69) is 67.6 Å². The molecule has 35 heavy (non-hydrogen) atoms. The number of carboxylic acids is 1. The third-order valence-electron chi connectivity index (χ3n) is 7.12. The topological polar surface area (TPSA) is 46.5 Å². The van der Waals surface area contributed by atoms with Crippen molar-refractivity contribution in [2.24, 2.45) is 0 Å². The summed E-state index contributed by atoms with van der Waals surface area (Å²) in [5, 5.41) is 12.1. The van der Waals surface area contributed by atoms with Crippen LogP contribution in [0.15, 0.2) is 84.9 Å². The molecule has 0 unspecified atom stereocenters. The quantitative estimate of drug-likeness (QED) is 0.272. The van der Waals surface area contributed by atoms with E-state index >= 15 is 0 Å². The van der Waals surface area contributed by atoms with Gasteiger partial charge in [-0.2, -0.15) is 0 Å². The van der Waals surface area contributed by atoms with Crippen LogP contribution in [0.2, 0.25) is 0 Å². The Hall–Kier alpha value is -3.59. The minimum atomic E-state index is -0.945. The van der Waals surface area contributed by atoms with E-state index in [1.165, 1.54) is 21.9 Å². The van der Waals surface area contributed by atoms with Gasteiger partial charge in [0.1, 0.15) is 5.75 Å². The number of benzene rings is 4. The molecule has 1 N–H and O–H groups in total. The second-order valence-corrected chi connectivity index (χ2v) is 9.95. The molecule has 0 fully saturated rings. The molecule has 4 aromatic carbocycles. The van der Waals surface area contributed by atoms with Crippen LogP contribution in [0.5, 0.6) is 5.75 Å². The summed E-state index contributed by atoms with van der Waals surface area (Å²) in [5.74, 6) is 0.542. The standard InChI is InChI=1S/C32H34O3/c1-22(24-13-9-16-28(21-24)35-4)10-7-11-23-18-25-12-5-6-17-29(25)30(19-23)26-14-8-15-27(20-26)32(2,3)31(33)34/h5-6,8-9,12-22H,7,10-11H2,1-4H3,(H,33,34)/t22-/m0/s1. The Balaban J connectivity index is 1.60. The van der Waals surface area contributed by atoms with Crippen molar-refractivity contribution in [1.82, 2.24) is 0 Å². The lowest BCUT2D eigenvalue weighted by atomic mass is 9.83. The fourth-order valence-electron chi connectivity index (χ4n) is 4.68. The summed E-state index contributed by atoms with van der Waals surface area (Å²) in [4.78, 5) is 11.8. The molecule has 0 bridgehead atoms. The number of rotatable bonds is 9. The van der Waals surface area contributed by atoms with Gasteiger partial charge in [-0.3, -0.25) is 4.79 Å². The molecule has 0 aliphatic carbocycles.